The highest BCUT2D eigenvalue weighted by Crippen LogP contribution is 2.11. The fourth-order valence-electron chi connectivity index (χ4n) is 0.855. The first kappa shape index (κ1) is 10.0. The van der Waals surface area contributed by atoms with Crippen LogP contribution in [-0.4, -0.2) is 19.2 Å². The summed E-state index contributed by atoms with van der Waals surface area (Å²) >= 11 is 0. The quantitative estimate of drug-likeness (QED) is 0.413. The number of methoxy groups -OCH3 is 1. The van der Waals surface area contributed by atoms with Crippen LogP contribution in [0.15, 0.2) is 24.3 Å². The van der Waals surface area contributed by atoms with E-state index >= 15 is 0 Å². The molecular weight excluding hydrogens is 186 g/mol. The molecule has 0 radical (unpaired) electrons. The van der Waals surface area contributed by atoms with Crippen LogP contribution in [0.3, 0.4) is 0 Å². The summed E-state index contributed by atoms with van der Waals surface area (Å²) in [7, 11) is 1.12. The molecule has 1 rings (SSSR count). The van der Waals surface area contributed by atoms with E-state index in [0.717, 1.165) is 7.11 Å². The Bertz CT molecular complexity index is 362. The second-order valence-corrected chi connectivity index (χ2v) is 2.43. The SMILES string of the molecule is COC(=O)OC(=O)c1ccccc1N. The summed E-state index contributed by atoms with van der Waals surface area (Å²) in [4.78, 5) is 21.8. The molecule has 0 bridgehead atoms. The van der Waals surface area contributed by atoms with Crippen LogP contribution in [-0.2, 0) is 9.47 Å². The number of hydrogen-bond donors (Lipinski definition) is 1. The van der Waals surface area contributed by atoms with Crippen LogP contribution in [0.5, 0.6) is 0 Å². The fourth-order valence-corrected chi connectivity index (χ4v) is 0.855. The molecule has 14 heavy (non-hydrogen) atoms. The number of esters is 1. The van der Waals surface area contributed by atoms with E-state index in [1.165, 1.54) is 12.1 Å². The molecule has 0 saturated heterocycles. The van der Waals surface area contributed by atoms with E-state index in [-0.39, 0.29) is 11.3 Å². The molecule has 0 amide bonds. The van der Waals surface area contributed by atoms with Crippen LogP contribution >= 0.6 is 0 Å². The lowest BCUT2D eigenvalue weighted by Crippen LogP contribution is -2.13. The first-order valence-corrected chi connectivity index (χ1v) is 3.79. The van der Waals surface area contributed by atoms with Crippen molar-refractivity contribution in [3.63, 3.8) is 0 Å². The van der Waals surface area contributed by atoms with E-state index in [1.807, 2.05) is 0 Å². The van der Waals surface area contributed by atoms with Gasteiger partial charge in [-0.1, -0.05) is 12.1 Å². The molecule has 0 fully saturated rings. The number of hydrogen-bond acceptors (Lipinski definition) is 5. The lowest BCUT2D eigenvalue weighted by atomic mass is 10.2. The lowest BCUT2D eigenvalue weighted by Gasteiger charge is -2.03. The molecular formula is C9H9NO4. The first-order valence-electron chi connectivity index (χ1n) is 3.79. The van der Waals surface area contributed by atoms with Gasteiger partial charge < -0.3 is 15.2 Å². The van der Waals surface area contributed by atoms with Crippen molar-refractivity contribution < 1.29 is 19.1 Å². The van der Waals surface area contributed by atoms with Gasteiger partial charge in [0, 0.05) is 5.69 Å². The highest BCUT2D eigenvalue weighted by Gasteiger charge is 2.14. The van der Waals surface area contributed by atoms with Crippen LogP contribution < -0.4 is 5.73 Å². The van der Waals surface area contributed by atoms with Crippen molar-refractivity contribution in [1.29, 1.82) is 0 Å². The topological polar surface area (TPSA) is 78.6 Å². The van der Waals surface area contributed by atoms with Crippen LogP contribution in [0.4, 0.5) is 10.5 Å². The monoisotopic (exact) mass is 195 g/mol. The Hall–Kier alpha value is -2.04. The molecule has 2 N–H and O–H groups in total. The van der Waals surface area contributed by atoms with E-state index in [9.17, 15) is 9.59 Å². The Morgan fingerprint density at radius 1 is 1.29 bits per heavy atom. The van der Waals surface area contributed by atoms with E-state index in [1.54, 1.807) is 12.1 Å². The second-order valence-electron chi connectivity index (χ2n) is 2.43. The van der Waals surface area contributed by atoms with Crippen LogP contribution in [0.2, 0.25) is 0 Å². The minimum atomic E-state index is -1.06. The Kier molecular flexibility index (Phi) is 3.06. The number of carbonyl (C=O) groups excluding carboxylic acids is 2. The van der Waals surface area contributed by atoms with Gasteiger partial charge in [0.25, 0.3) is 0 Å². The zero-order valence-corrected chi connectivity index (χ0v) is 7.52. The Morgan fingerprint density at radius 2 is 1.93 bits per heavy atom. The number of ether oxygens (including phenoxy) is 2. The molecule has 5 nitrogen and oxygen atoms in total. The summed E-state index contributed by atoms with van der Waals surface area (Å²) in [5.74, 6) is -0.824. The third kappa shape index (κ3) is 2.22. The Balaban J connectivity index is 2.80. The minimum absolute atomic E-state index is 0.137. The van der Waals surface area contributed by atoms with Crippen LogP contribution in [0, 0.1) is 0 Å². The molecule has 1 aromatic rings. The summed E-state index contributed by atoms with van der Waals surface area (Å²) in [6.07, 6.45) is -1.06. The fraction of sp³-hybridized carbons (Fsp3) is 0.111. The third-order valence-corrected chi connectivity index (χ3v) is 1.52. The average Bonchev–Trinajstić information content (AvgIpc) is 2.18. The smallest absolute Gasteiger partial charge is 0.437 e. The van der Waals surface area contributed by atoms with E-state index < -0.39 is 12.1 Å². The maximum Gasteiger partial charge on any atom is 0.516 e. The van der Waals surface area contributed by atoms with Gasteiger partial charge >= 0.3 is 12.1 Å². The summed E-state index contributed by atoms with van der Waals surface area (Å²) < 4.78 is 8.45. The van der Waals surface area contributed by atoms with Gasteiger partial charge in [-0.2, -0.15) is 0 Å². The predicted molar refractivity (Wildman–Crippen MR) is 48.7 cm³/mol. The highest BCUT2D eigenvalue weighted by molar-refractivity contribution is 5.99. The zero-order valence-electron chi connectivity index (χ0n) is 7.52. The highest BCUT2D eigenvalue weighted by atomic mass is 16.7. The molecule has 0 unspecified atom stereocenters. The van der Waals surface area contributed by atoms with Crippen molar-refractivity contribution in [2.24, 2.45) is 0 Å². The van der Waals surface area contributed by atoms with E-state index in [0.29, 0.717) is 0 Å². The second kappa shape index (κ2) is 4.27. The summed E-state index contributed by atoms with van der Waals surface area (Å²) in [6, 6.07) is 6.28. The van der Waals surface area contributed by atoms with Gasteiger partial charge in [-0.3, -0.25) is 0 Å². The third-order valence-electron chi connectivity index (χ3n) is 1.52. The van der Waals surface area contributed by atoms with Gasteiger partial charge in [0.1, 0.15) is 0 Å². The van der Waals surface area contributed by atoms with Gasteiger partial charge in [0.15, 0.2) is 0 Å². The summed E-state index contributed by atoms with van der Waals surface area (Å²) in [5, 5.41) is 0. The minimum Gasteiger partial charge on any atom is -0.437 e. The van der Waals surface area contributed by atoms with Crippen molar-refractivity contribution in [2.45, 2.75) is 0 Å². The number of benzene rings is 1. The van der Waals surface area contributed by atoms with Gasteiger partial charge in [-0.05, 0) is 12.1 Å². The molecule has 0 aromatic heterocycles. The molecule has 0 saturated carbocycles. The number of nitrogen functional groups attached to an aromatic ring is 1. The van der Waals surface area contributed by atoms with E-state index in [4.69, 9.17) is 5.73 Å². The van der Waals surface area contributed by atoms with Gasteiger partial charge in [-0.15, -0.1) is 0 Å². The molecule has 0 heterocycles. The standard InChI is InChI=1S/C9H9NO4/c1-13-9(12)14-8(11)6-4-2-3-5-7(6)10/h2-5H,10H2,1H3. The Labute approximate surface area is 80.4 Å². The van der Waals surface area contributed by atoms with Gasteiger partial charge in [0.2, 0.25) is 0 Å². The van der Waals surface area contributed by atoms with Gasteiger partial charge in [-0.25, -0.2) is 9.59 Å². The molecule has 74 valence electrons. The van der Waals surface area contributed by atoms with Crippen molar-refractivity contribution in [1.82, 2.24) is 0 Å². The number of rotatable bonds is 1. The number of nitrogens with two attached hydrogens (primary N) is 1. The summed E-state index contributed by atoms with van der Waals surface area (Å²) in [6.45, 7) is 0. The summed E-state index contributed by atoms with van der Waals surface area (Å²) in [5.41, 5.74) is 5.87. The molecule has 0 spiro atoms. The van der Waals surface area contributed by atoms with Crippen LogP contribution in [0.1, 0.15) is 10.4 Å². The van der Waals surface area contributed by atoms with Crippen molar-refractivity contribution >= 4 is 17.8 Å². The largest absolute Gasteiger partial charge is 0.516 e. The maximum absolute atomic E-state index is 11.2. The molecule has 0 aliphatic rings. The van der Waals surface area contributed by atoms with Crippen LogP contribution in [0.25, 0.3) is 0 Å². The molecule has 0 atom stereocenters. The predicted octanol–water partition coefficient (Wildman–Crippen LogP) is 1.19. The molecule has 1 aromatic carbocycles. The van der Waals surface area contributed by atoms with Crippen molar-refractivity contribution in [3.8, 4) is 0 Å². The number of para-hydroxylation sites is 1. The normalized spacial score (nSPS) is 9.21. The number of carbonyl (C=O) groups is 2. The first-order chi connectivity index (χ1) is 6.65. The van der Waals surface area contributed by atoms with Crippen molar-refractivity contribution in [2.75, 3.05) is 12.8 Å². The van der Waals surface area contributed by atoms with E-state index in [2.05, 4.69) is 9.47 Å². The van der Waals surface area contributed by atoms with Crippen molar-refractivity contribution in [3.05, 3.63) is 29.8 Å². The molecule has 5 heteroatoms. The molecule has 0 aliphatic carbocycles. The molecule has 0 aliphatic heterocycles. The Morgan fingerprint density at radius 3 is 2.50 bits per heavy atom. The lowest BCUT2D eigenvalue weighted by molar-refractivity contribution is 0.0453. The number of anilines is 1. The maximum atomic E-state index is 11.2. The van der Waals surface area contributed by atoms with Gasteiger partial charge in [0.05, 0.1) is 12.7 Å². The average molecular weight is 195 g/mol. The zero-order chi connectivity index (χ0) is 10.6.